The summed E-state index contributed by atoms with van der Waals surface area (Å²) in [5.41, 5.74) is 0.307. The average Bonchev–Trinajstić information content (AvgIpc) is 2.39. The fourth-order valence-electron chi connectivity index (χ4n) is 4.40. The van der Waals surface area contributed by atoms with Crippen molar-refractivity contribution in [1.29, 1.82) is 0 Å². The first kappa shape index (κ1) is 14.7. The molecule has 0 amide bonds. The van der Waals surface area contributed by atoms with Gasteiger partial charge in [0, 0.05) is 25.7 Å². The number of carbonyl (C=O) groups is 2. The topological polar surface area (TPSA) is 34.1 Å². The summed E-state index contributed by atoms with van der Waals surface area (Å²) in [5.74, 6) is 2.86. The fourth-order valence-corrected chi connectivity index (χ4v) is 4.40. The Kier molecular flexibility index (Phi) is 4.47. The zero-order valence-corrected chi connectivity index (χ0v) is 12.7. The molecule has 2 nitrogen and oxygen atoms in total. The summed E-state index contributed by atoms with van der Waals surface area (Å²) in [5, 5.41) is 0. The minimum absolute atomic E-state index is 0.307. The van der Waals surface area contributed by atoms with Crippen molar-refractivity contribution in [3.05, 3.63) is 0 Å². The fraction of sp³-hybridized carbons (Fsp3) is 0.882. The highest BCUT2D eigenvalue weighted by Gasteiger charge is 2.45. The molecule has 0 aromatic rings. The first-order valence-electron chi connectivity index (χ1n) is 7.98. The van der Waals surface area contributed by atoms with Crippen LogP contribution in [-0.4, -0.2) is 11.6 Å². The minimum atomic E-state index is 0.307. The Morgan fingerprint density at radius 3 is 1.42 bits per heavy atom. The highest BCUT2D eigenvalue weighted by atomic mass is 16.1. The van der Waals surface area contributed by atoms with E-state index in [2.05, 4.69) is 20.8 Å². The minimum Gasteiger partial charge on any atom is -0.300 e. The second kappa shape index (κ2) is 5.76. The molecule has 0 aromatic carbocycles. The van der Waals surface area contributed by atoms with E-state index in [-0.39, 0.29) is 0 Å². The van der Waals surface area contributed by atoms with E-state index >= 15 is 0 Å². The van der Waals surface area contributed by atoms with E-state index in [9.17, 15) is 9.59 Å². The molecule has 2 rings (SSSR count). The molecule has 2 aliphatic carbocycles. The molecule has 2 saturated carbocycles. The zero-order valence-electron chi connectivity index (χ0n) is 12.7. The molecule has 0 aromatic heterocycles. The van der Waals surface area contributed by atoms with Crippen molar-refractivity contribution in [2.45, 2.75) is 72.1 Å². The summed E-state index contributed by atoms with van der Waals surface area (Å²) >= 11 is 0. The van der Waals surface area contributed by atoms with Gasteiger partial charge in [-0.3, -0.25) is 9.59 Å². The van der Waals surface area contributed by atoms with Crippen LogP contribution in [0.3, 0.4) is 0 Å². The van der Waals surface area contributed by atoms with Crippen molar-refractivity contribution in [1.82, 2.24) is 0 Å². The van der Waals surface area contributed by atoms with Gasteiger partial charge in [-0.25, -0.2) is 0 Å². The Balaban J connectivity index is 2.12. The molecule has 0 atom stereocenters. The lowest BCUT2D eigenvalue weighted by atomic mass is 9.55. The Morgan fingerprint density at radius 2 is 1.16 bits per heavy atom. The van der Waals surface area contributed by atoms with Crippen molar-refractivity contribution in [2.75, 3.05) is 0 Å². The lowest BCUT2D eigenvalue weighted by Crippen LogP contribution is -2.43. The van der Waals surface area contributed by atoms with E-state index in [4.69, 9.17) is 0 Å². The second-order valence-corrected chi connectivity index (χ2v) is 7.15. The standard InChI is InChI=1S/C17H28O2/c1-12(2)17(3,13-4-8-15(18)9-5-13)14-6-10-16(19)11-7-14/h12-14H,4-11H2,1-3H3. The number of hydrogen-bond donors (Lipinski definition) is 0. The molecule has 0 heterocycles. The largest absolute Gasteiger partial charge is 0.300 e. The molecular weight excluding hydrogens is 236 g/mol. The molecule has 2 aliphatic rings. The molecule has 2 heteroatoms. The van der Waals surface area contributed by atoms with Gasteiger partial charge >= 0.3 is 0 Å². The lowest BCUT2D eigenvalue weighted by Gasteiger charge is -2.49. The normalized spacial score (nSPS) is 24.2. The Hall–Kier alpha value is -0.660. The van der Waals surface area contributed by atoms with Crippen LogP contribution < -0.4 is 0 Å². The number of Topliss-reactive ketones (excluding diaryl/α,β-unsaturated/α-hetero) is 2. The molecule has 0 N–H and O–H groups in total. The molecule has 0 spiro atoms. The quantitative estimate of drug-likeness (QED) is 0.766. The molecule has 0 aliphatic heterocycles. The SMILES string of the molecule is CC(C)C(C)(C1CCC(=O)CC1)C1CCC(=O)CC1. The molecule has 108 valence electrons. The summed E-state index contributed by atoms with van der Waals surface area (Å²) in [6, 6.07) is 0. The Morgan fingerprint density at radius 1 is 0.842 bits per heavy atom. The van der Waals surface area contributed by atoms with Crippen LogP contribution in [0.1, 0.15) is 72.1 Å². The molecule has 0 unspecified atom stereocenters. The third-order valence-corrected chi connectivity index (χ3v) is 6.09. The maximum absolute atomic E-state index is 11.5. The highest BCUT2D eigenvalue weighted by Crippen LogP contribution is 2.52. The van der Waals surface area contributed by atoms with Crippen molar-refractivity contribution < 1.29 is 9.59 Å². The van der Waals surface area contributed by atoms with Crippen LogP contribution in [0.2, 0.25) is 0 Å². The van der Waals surface area contributed by atoms with E-state index in [0.717, 1.165) is 51.4 Å². The summed E-state index contributed by atoms with van der Waals surface area (Å²) in [6.07, 6.45) is 7.38. The first-order valence-corrected chi connectivity index (χ1v) is 7.98. The number of carbonyl (C=O) groups excluding carboxylic acids is 2. The molecule has 0 saturated heterocycles. The molecule has 0 radical (unpaired) electrons. The van der Waals surface area contributed by atoms with Gasteiger partial charge in [-0.1, -0.05) is 20.8 Å². The van der Waals surface area contributed by atoms with Crippen LogP contribution in [0.5, 0.6) is 0 Å². The maximum atomic E-state index is 11.5. The molecule has 2 fully saturated rings. The first-order chi connectivity index (χ1) is 8.94. The van der Waals surface area contributed by atoms with Crippen LogP contribution in [0, 0.1) is 23.2 Å². The number of ketones is 2. The van der Waals surface area contributed by atoms with Crippen LogP contribution in [0.4, 0.5) is 0 Å². The summed E-state index contributed by atoms with van der Waals surface area (Å²) < 4.78 is 0. The third kappa shape index (κ3) is 2.93. The van der Waals surface area contributed by atoms with Crippen LogP contribution in [0.25, 0.3) is 0 Å². The van der Waals surface area contributed by atoms with Crippen LogP contribution >= 0.6 is 0 Å². The van der Waals surface area contributed by atoms with E-state index in [0.29, 0.717) is 34.7 Å². The van der Waals surface area contributed by atoms with Gasteiger partial charge in [0.15, 0.2) is 0 Å². The summed E-state index contributed by atoms with van der Waals surface area (Å²) in [6.45, 7) is 7.08. The number of rotatable bonds is 3. The average molecular weight is 264 g/mol. The van der Waals surface area contributed by atoms with Crippen molar-refractivity contribution >= 4 is 11.6 Å². The van der Waals surface area contributed by atoms with Gasteiger partial charge < -0.3 is 0 Å². The van der Waals surface area contributed by atoms with Crippen molar-refractivity contribution in [3.8, 4) is 0 Å². The Bertz CT molecular complexity index is 308. The van der Waals surface area contributed by atoms with Crippen molar-refractivity contribution in [3.63, 3.8) is 0 Å². The zero-order chi connectivity index (χ0) is 14.0. The van der Waals surface area contributed by atoms with Gasteiger partial charge in [0.1, 0.15) is 11.6 Å². The second-order valence-electron chi connectivity index (χ2n) is 7.15. The lowest BCUT2D eigenvalue weighted by molar-refractivity contribution is -0.124. The predicted octanol–water partition coefficient (Wildman–Crippen LogP) is 4.17. The van der Waals surface area contributed by atoms with Gasteiger partial charge in [-0.15, -0.1) is 0 Å². The van der Waals surface area contributed by atoms with Crippen molar-refractivity contribution in [2.24, 2.45) is 23.2 Å². The van der Waals surface area contributed by atoms with Gasteiger partial charge in [-0.05, 0) is 48.9 Å². The molecule has 0 bridgehead atoms. The molecular formula is C17H28O2. The van der Waals surface area contributed by atoms with Crippen LogP contribution in [-0.2, 0) is 9.59 Å². The summed E-state index contributed by atoms with van der Waals surface area (Å²) in [4.78, 5) is 23.0. The van der Waals surface area contributed by atoms with Gasteiger partial charge in [0.2, 0.25) is 0 Å². The predicted molar refractivity (Wildman–Crippen MR) is 76.9 cm³/mol. The van der Waals surface area contributed by atoms with E-state index in [1.54, 1.807) is 0 Å². The molecule has 19 heavy (non-hydrogen) atoms. The summed E-state index contributed by atoms with van der Waals surface area (Å²) in [7, 11) is 0. The number of hydrogen-bond acceptors (Lipinski definition) is 2. The smallest absolute Gasteiger partial charge is 0.132 e. The van der Waals surface area contributed by atoms with E-state index in [1.165, 1.54) is 0 Å². The van der Waals surface area contributed by atoms with E-state index < -0.39 is 0 Å². The monoisotopic (exact) mass is 264 g/mol. The van der Waals surface area contributed by atoms with Gasteiger partial charge in [0.05, 0.1) is 0 Å². The van der Waals surface area contributed by atoms with Gasteiger partial charge in [0.25, 0.3) is 0 Å². The van der Waals surface area contributed by atoms with E-state index in [1.807, 2.05) is 0 Å². The highest BCUT2D eigenvalue weighted by molar-refractivity contribution is 5.79. The third-order valence-electron chi connectivity index (χ3n) is 6.09. The Labute approximate surface area is 117 Å². The van der Waals surface area contributed by atoms with Gasteiger partial charge in [-0.2, -0.15) is 0 Å². The maximum Gasteiger partial charge on any atom is 0.132 e. The van der Waals surface area contributed by atoms with Crippen LogP contribution in [0.15, 0.2) is 0 Å².